The Labute approximate surface area is 238 Å². The lowest BCUT2D eigenvalue weighted by Gasteiger charge is -2.31. The molecule has 1 unspecified atom stereocenters. The van der Waals surface area contributed by atoms with Gasteiger partial charge in [0.15, 0.2) is 0 Å². The van der Waals surface area contributed by atoms with Gasteiger partial charge in [0, 0.05) is 55.7 Å². The number of carbonyl (C=O) groups is 2. The first-order valence-corrected chi connectivity index (χ1v) is 14.9. The van der Waals surface area contributed by atoms with Gasteiger partial charge in [-0.3, -0.25) is 9.59 Å². The number of para-hydroxylation sites is 1. The van der Waals surface area contributed by atoms with Crippen molar-refractivity contribution in [1.29, 1.82) is 0 Å². The standard InChI is InChI=1S/C32H36FN5O3/c1-19-5-4-10-36(15-19)32(40)24-12-25(33)30-20(2)29(35-38(30)17-24)26-13-23-6-3-7-27(31(23)37(26)16-21-8-9-21)41-18-22-11-28(39)34-14-22/h3,6-7,12-13,17,19,21-22H,4-5,8-11,14-16,18H2,1-2H3,(H,34,39)/t19-,22?/m1/s1. The summed E-state index contributed by atoms with van der Waals surface area (Å²) in [5.41, 5.74) is 4.08. The van der Waals surface area contributed by atoms with E-state index in [1.165, 1.54) is 18.9 Å². The Kier molecular flexibility index (Phi) is 6.47. The lowest BCUT2D eigenvalue weighted by molar-refractivity contribution is -0.119. The smallest absolute Gasteiger partial charge is 0.255 e. The minimum atomic E-state index is -0.439. The summed E-state index contributed by atoms with van der Waals surface area (Å²) in [6.45, 7) is 7.37. The molecule has 1 saturated carbocycles. The molecule has 3 aliphatic rings. The molecular formula is C32H36FN5O3. The average molecular weight is 558 g/mol. The molecule has 2 saturated heterocycles. The van der Waals surface area contributed by atoms with E-state index in [1.54, 1.807) is 10.7 Å². The van der Waals surface area contributed by atoms with E-state index in [-0.39, 0.29) is 17.7 Å². The zero-order valence-corrected chi connectivity index (χ0v) is 23.7. The summed E-state index contributed by atoms with van der Waals surface area (Å²) in [5.74, 6) is 1.45. The lowest BCUT2D eigenvalue weighted by Crippen LogP contribution is -2.39. The Balaban J connectivity index is 1.28. The van der Waals surface area contributed by atoms with Gasteiger partial charge in [-0.1, -0.05) is 19.1 Å². The first-order chi connectivity index (χ1) is 19.9. The van der Waals surface area contributed by atoms with Gasteiger partial charge in [-0.15, -0.1) is 0 Å². The molecule has 2 amide bonds. The van der Waals surface area contributed by atoms with Crippen LogP contribution in [0.4, 0.5) is 4.39 Å². The minimum absolute atomic E-state index is 0.0705. The lowest BCUT2D eigenvalue weighted by atomic mass is 10.00. The van der Waals surface area contributed by atoms with Gasteiger partial charge >= 0.3 is 0 Å². The number of pyridine rings is 1. The summed E-state index contributed by atoms with van der Waals surface area (Å²) in [7, 11) is 0. The van der Waals surface area contributed by atoms with Crippen molar-refractivity contribution in [3.8, 4) is 17.1 Å². The fourth-order valence-corrected chi connectivity index (χ4v) is 6.53. The van der Waals surface area contributed by atoms with Crippen LogP contribution in [0.5, 0.6) is 5.75 Å². The van der Waals surface area contributed by atoms with Crippen LogP contribution in [-0.4, -0.2) is 57.1 Å². The second-order valence-electron chi connectivity index (χ2n) is 12.3. The monoisotopic (exact) mass is 557 g/mol. The van der Waals surface area contributed by atoms with Crippen LogP contribution < -0.4 is 10.1 Å². The molecular weight excluding hydrogens is 521 g/mol. The number of carbonyl (C=O) groups excluding carboxylic acids is 2. The van der Waals surface area contributed by atoms with Gasteiger partial charge in [-0.25, -0.2) is 8.91 Å². The highest BCUT2D eigenvalue weighted by Gasteiger charge is 2.29. The number of likely N-dealkylation sites (tertiary alicyclic amines) is 1. The summed E-state index contributed by atoms with van der Waals surface area (Å²) in [4.78, 5) is 26.8. The van der Waals surface area contributed by atoms with Crippen LogP contribution in [0.2, 0.25) is 0 Å². The number of nitrogens with one attached hydrogen (secondary N) is 1. The molecule has 9 heteroatoms. The van der Waals surface area contributed by atoms with Crippen molar-refractivity contribution in [2.75, 3.05) is 26.2 Å². The predicted octanol–water partition coefficient (Wildman–Crippen LogP) is 5.20. The summed E-state index contributed by atoms with van der Waals surface area (Å²) >= 11 is 0. The van der Waals surface area contributed by atoms with Gasteiger partial charge in [0.25, 0.3) is 5.91 Å². The Bertz CT molecular complexity index is 1670. The molecule has 4 aromatic rings. The van der Waals surface area contributed by atoms with Crippen molar-refractivity contribution in [2.24, 2.45) is 17.8 Å². The Morgan fingerprint density at radius 1 is 1.17 bits per heavy atom. The third kappa shape index (κ3) is 4.85. The van der Waals surface area contributed by atoms with Crippen LogP contribution in [0.25, 0.3) is 27.8 Å². The Morgan fingerprint density at radius 3 is 2.78 bits per heavy atom. The summed E-state index contributed by atoms with van der Waals surface area (Å²) in [5, 5.41) is 8.79. The largest absolute Gasteiger partial charge is 0.491 e. The van der Waals surface area contributed by atoms with Crippen LogP contribution in [0.1, 0.15) is 54.9 Å². The molecule has 0 spiro atoms. The van der Waals surface area contributed by atoms with E-state index < -0.39 is 5.82 Å². The maximum atomic E-state index is 15.6. The van der Waals surface area contributed by atoms with Gasteiger partial charge in [-0.2, -0.15) is 5.10 Å². The fraction of sp³-hybridized carbons (Fsp3) is 0.469. The summed E-state index contributed by atoms with van der Waals surface area (Å²) in [6.07, 6.45) is 6.59. The number of aryl methyl sites for hydroxylation is 1. The molecule has 3 fully saturated rings. The Morgan fingerprint density at radius 2 is 2.02 bits per heavy atom. The molecule has 1 aliphatic carbocycles. The van der Waals surface area contributed by atoms with Gasteiger partial charge in [-0.05, 0) is 62.6 Å². The van der Waals surface area contributed by atoms with Gasteiger partial charge in [0.05, 0.1) is 23.4 Å². The molecule has 2 atom stereocenters. The number of benzene rings is 1. The van der Waals surface area contributed by atoms with Crippen LogP contribution in [0.15, 0.2) is 36.5 Å². The number of nitrogens with zero attached hydrogens (tertiary/aromatic N) is 4. The maximum absolute atomic E-state index is 15.6. The molecule has 0 bridgehead atoms. The van der Waals surface area contributed by atoms with E-state index >= 15 is 4.39 Å². The first kappa shape index (κ1) is 26.0. The van der Waals surface area contributed by atoms with Gasteiger partial charge < -0.3 is 19.5 Å². The average Bonchev–Trinajstić information content (AvgIpc) is 3.41. The molecule has 8 nitrogen and oxygen atoms in total. The predicted molar refractivity (Wildman–Crippen MR) is 154 cm³/mol. The van der Waals surface area contributed by atoms with Crippen molar-refractivity contribution < 1.29 is 18.7 Å². The third-order valence-corrected chi connectivity index (χ3v) is 8.91. The topological polar surface area (TPSA) is 80.9 Å². The fourth-order valence-electron chi connectivity index (χ4n) is 6.53. The molecule has 0 radical (unpaired) electrons. The number of aromatic nitrogens is 3. The molecule has 1 N–H and O–H groups in total. The zero-order chi connectivity index (χ0) is 28.2. The van der Waals surface area contributed by atoms with E-state index in [9.17, 15) is 9.59 Å². The summed E-state index contributed by atoms with van der Waals surface area (Å²) in [6, 6.07) is 9.51. The molecule has 41 heavy (non-hydrogen) atoms. The highest BCUT2D eigenvalue weighted by molar-refractivity contribution is 5.95. The van der Waals surface area contributed by atoms with Crippen molar-refractivity contribution in [1.82, 2.24) is 24.4 Å². The van der Waals surface area contributed by atoms with Gasteiger partial charge in [0.2, 0.25) is 5.91 Å². The number of piperidine rings is 1. The maximum Gasteiger partial charge on any atom is 0.255 e. The normalized spacial score (nSPS) is 21.1. The van der Waals surface area contributed by atoms with Crippen molar-refractivity contribution in [3.63, 3.8) is 0 Å². The molecule has 1 aromatic carbocycles. The van der Waals surface area contributed by atoms with Crippen LogP contribution in [-0.2, 0) is 11.3 Å². The number of hydrogen-bond acceptors (Lipinski definition) is 4. The van der Waals surface area contributed by atoms with E-state index in [4.69, 9.17) is 9.84 Å². The van der Waals surface area contributed by atoms with Crippen LogP contribution in [0, 0.1) is 30.5 Å². The number of halogens is 1. The van der Waals surface area contributed by atoms with E-state index in [0.29, 0.717) is 61.3 Å². The Hall–Kier alpha value is -3.88. The number of amides is 2. The van der Waals surface area contributed by atoms with Crippen LogP contribution >= 0.6 is 0 Å². The van der Waals surface area contributed by atoms with E-state index in [2.05, 4.69) is 28.9 Å². The number of fused-ring (bicyclic) bond motifs is 2. The van der Waals surface area contributed by atoms with Crippen LogP contribution in [0.3, 0.4) is 0 Å². The number of rotatable bonds is 7. The minimum Gasteiger partial charge on any atom is -0.491 e. The molecule has 2 aliphatic heterocycles. The molecule has 3 aromatic heterocycles. The third-order valence-electron chi connectivity index (χ3n) is 8.91. The highest BCUT2D eigenvalue weighted by atomic mass is 19.1. The highest BCUT2D eigenvalue weighted by Crippen LogP contribution is 2.40. The molecule has 214 valence electrons. The first-order valence-electron chi connectivity index (χ1n) is 14.9. The van der Waals surface area contributed by atoms with Crippen molar-refractivity contribution >= 4 is 28.2 Å². The number of hydrogen-bond donors (Lipinski definition) is 1. The second kappa shape index (κ2) is 10.2. The SMILES string of the molecule is Cc1c(-c2cc3cccc(OCC4CNC(=O)C4)c3n2CC2CC2)nn2cc(C(=O)N3CCC[C@@H](C)C3)cc(F)c12. The zero-order valence-electron chi connectivity index (χ0n) is 23.7. The van der Waals surface area contributed by atoms with E-state index in [0.717, 1.165) is 47.3 Å². The van der Waals surface area contributed by atoms with E-state index in [1.807, 2.05) is 24.0 Å². The number of ether oxygens (including phenoxy) is 1. The molecule has 5 heterocycles. The van der Waals surface area contributed by atoms with Gasteiger partial charge in [0.1, 0.15) is 22.8 Å². The van der Waals surface area contributed by atoms with Crippen molar-refractivity contribution in [3.05, 3.63) is 53.5 Å². The quantitative estimate of drug-likeness (QED) is 0.339. The second-order valence-corrected chi connectivity index (χ2v) is 12.3. The van der Waals surface area contributed by atoms with Crippen molar-refractivity contribution in [2.45, 2.75) is 52.5 Å². The molecule has 7 rings (SSSR count). The summed E-state index contributed by atoms with van der Waals surface area (Å²) < 4.78 is 25.8.